The number of hydrogen-bond acceptors (Lipinski definition) is 4. The highest BCUT2D eigenvalue weighted by molar-refractivity contribution is 6.06. The minimum absolute atomic E-state index is 0.273. The van der Waals surface area contributed by atoms with Gasteiger partial charge < -0.3 is 9.64 Å². The monoisotopic (exact) mass is 388 g/mol. The number of para-hydroxylation sites is 2. The van der Waals surface area contributed by atoms with Crippen molar-refractivity contribution in [1.29, 1.82) is 0 Å². The van der Waals surface area contributed by atoms with Crippen LogP contribution < -0.4 is 4.90 Å². The molecule has 148 valence electrons. The van der Waals surface area contributed by atoms with Crippen LogP contribution in [0.2, 0.25) is 0 Å². The predicted molar refractivity (Wildman–Crippen MR) is 113 cm³/mol. The molecule has 0 fully saturated rings. The zero-order valence-corrected chi connectivity index (χ0v) is 16.7. The summed E-state index contributed by atoms with van der Waals surface area (Å²) in [6, 6.07) is 16.9. The minimum Gasteiger partial charge on any atom is -0.452 e. The number of fused-ring (bicyclic) bond motifs is 2. The summed E-state index contributed by atoms with van der Waals surface area (Å²) in [6.07, 6.45) is 2.72. The third kappa shape index (κ3) is 3.86. The summed E-state index contributed by atoms with van der Waals surface area (Å²) >= 11 is 0. The maximum Gasteiger partial charge on any atom is 0.339 e. The number of likely N-dealkylation sites (N-methyl/N-ethyl adjacent to an activating group) is 1. The summed E-state index contributed by atoms with van der Waals surface area (Å²) in [5.74, 6) is -0.239. The first-order chi connectivity index (χ1) is 14.0. The summed E-state index contributed by atoms with van der Waals surface area (Å²) in [5.41, 5.74) is 4.06. The maximum atomic E-state index is 13.1. The van der Waals surface area contributed by atoms with E-state index < -0.39 is 5.97 Å². The Labute approximate surface area is 170 Å². The molecule has 0 aliphatic heterocycles. The Hall–Kier alpha value is -3.21. The van der Waals surface area contributed by atoms with Crippen molar-refractivity contribution in [2.24, 2.45) is 5.92 Å². The lowest BCUT2D eigenvalue weighted by Crippen LogP contribution is -2.31. The van der Waals surface area contributed by atoms with Crippen molar-refractivity contribution in [3.05, 3.63) is 71.4 Å². The molecule has 5 nitrogen and oxygen atoms in total. The van der Waals surface area contributed by atoms with Crippen LogP contribution >= 0.6 is 0 Å². The van der Waals surface area contributed by atoms with Gasteiger partial charge in [-0.3, -0.25) is 9.78 Å². The zero-order chi connectivity index (χ0) is 20.4. The van der Waals surface area contributed by atoms with Crippen LogP contribution in [0.3, 0.4) is 0 Å². The lowest BCUT2D eigenvalue weighted by atomic mass is 9.84. The Balaban J connectivity index is 1.60. The van der Waals surface area contributed by atoms with Gasteiger partial charge in [-0.25, -0.2) is 4.79 Å². The van der Waals surface area contributed by atoms with Crippen molar-refractivity contribution in [3.8, 4) is 0 Å². The SMILES string of the molecule is C[C@@H]1CCc2nc3ccccc3c(C(=O)OCC(=O)N(C)c3ccccc3)c2C1. The molecule has 1 aromatic heterocycles. The van der Waals surface area contributed by atoms with E-state index in [-0.39, 0.29) is 12.5 Å². The lowest BCUT2D eigenvalue weighted by molar-refractivity contribution is -0.121. The largest absolute Gasteiger partial charge is 0.452 e. The van der Waals surface area contributed by atoms with Crippen LogP contribution in [0.1, 0.15) is 35.0 Å². The normalized spacial score (nSPS) is 15.6. The fourth-order valence-corrected chi connectivity index (χ4v) is 3.89. The molecule has 5 heteroatoms. The number of anilines is 1. The van der Waals surface area contributed by atoms with Gasteiger partial charge in [0.1, 0.15) is 0 Å². The number of aromatic nitrogens is 1. The van der Waals surface area contributed by atoms with E-state index in [9.17, 15) is 9.59 Å². The second-order valence-electron chi connectivity index (χ2n) is 7.64. The van der Waals surface area contributed by atoms with Crippen molar-refractivity contribution < 1.29 is 14.3 Å². The van der Waals surface area contributed by atoms with Crippen molar-refractivity contribution in [2.75, 3.05) is 18.6 Å². The van der Waals surface area contributed by atoms with E-state index in [4.69, 9.17) is 9.72 Å². The third-order valence-corrected chi connectivity index (χ3v) is 5.55. The van der Waals surface area contributed by atoms with E-state index in [2.05, 4.69) is 6.92 Å². The number of hydrogen-bond donors (Lipinski definition) is 0. The number of carbonyl (C=O) groups excluding carboxylic acids is 2. The van der Waals surface area contributed by atoms with Gasteiger partial charge in [-0.1, -0.05) is 43.3 Å². The van der Waals surface area contributed by atoms with Gasteiger partial charge in [0.25, 0.3) is 5.91 Å². The third-order valence-electron chi connectivity index (χ3n) is 5.55. The molecule has 0 saturated carbocycles. The molecule has 29 heavy (non-hydrogen) atoms. The summed E-state index contributed by atoms with van der Waals surface area (Å²) in [5, 5.41) is 0.786. The number of benzene rings is 2. The average molecular weight is 388 g/mol. The molecular formula is C24H24N2O3. The van der Waals surface area contributed by atoms with Crippen LogP contribution in [-0.2, 0) is 22.4 Å². The molecular weight excluding hydrogens is 364 g/mol. The van der Waals surface area contributed by atoms with E-state index in [1.807, 2.05) is 54.6 Å². The molecule has 3 aromatic rings. The Bertz CT molecular complexity index is 1060. The lowest BCUT2D eigenvalue weighted by Gasteiger charge is -2.24. The Morgan fingerprint density at radius 2 is 1.83 bits per heavy atom. The van der Waals surface area contributed by atoms with Gasteiger partial charge >= 0.3 is 5.97 Å². The highest BCUT2D eigenvalue weighted by Gasteiger charge is 2.26. The molecule has 0 bridgehead atoms. The Morgan fingerprint density at radius 3 is 2.62 bits per heavy atom. The zero-order valence-electron chi connectivity index (χ0n) is 16.7. The number of rotatable bonds is 4. The maximum absolute atomic E-state index is 13.1. The molecule has 4 rings (SSSR count). The molecule has 1 atom stereocenters. The molecule has 1 aliphatic carbocycles. The van der Waals surface area contributed by atoms with Gasteiger partial charge in [0.2, 0.25) is 0 Å². The molecule has 0 saturated heterocycles. The molecule has 1 amide bonds. The number of aryl methyl sites for hydroxylation is 1. The van der Waals surface area contributed by atoms with Crippen LogP contribution in [0.15, 0.2) is 54.6 Å². The topological polar surface area (TPSA) is 59.5 Å². The average Bonchev–Trinajstić information content (AvgIpc) is 2.75. The fraction of sp³-hybridized carbons (Fsp3) is 0.292. The van der Waals surface area contributed by atoms with Gasteiger partial charge in [-0.2, -0.15) is 0 Å². The van der Waals surface area contributed by atoms with Crippen LogP contribution in [0.4, 0.5) is 5.69 Å². The summed E-state index contributed by atoms with van der Waals surface area (Å²) in [4.78, 5) is 31.9. The number of esters is 1. The number of amides is 1. The van der Waals surface area contributed by atoms with Crippen LogP contribution in [0.5, 0.6) is 0 Å². The van der Waals surface area contributed by atoms with Gasteiger partial charge in [0, 0.05) is 23.8 Å². The Morgan fingerprint density at radius 1 is 1.10 bits per heavy atom. The number of ether oxygens (including phenoxy) is 1. The minimum atomic E-state index is -0.455. The van der Waals surface area contributed by atoms with Gasteiger partial charge in [-0.05, 0) is 48.9 Å². The number of pyridine rings is 1. The quantitative estimate of drug-likeness (QED) is 0.629. The van der Waals surface area contributed by atoms with Gasteiger partial charge in [-0.15, -0.1) is 0 Å². The second kappa shape index (κ2) is 8.03. The second-order valence-corrected chi connectivity index (χ2v) is 7.64. The summed E-state index contributed by atoms with van der Waals surface area (Å²) in [6.45, 7) is 1.89. The molecule has 1 aliphatic rings. The van der Waals surface area contributed by atoms with Crippen molar-refractivity contribution >= 4 is 28.5 Å². The molecule has 0 unspecified atom stereocenters. The van der Waals surface area contributed by atoms with Crippen molar-refractivity contribution in [1.82, 2.24) is 4.98 Å². The van der Waals surface area contributed by atoms with Gasteiger partial charge in [0.05, 0.1) is 11.1 Å². The standard InChI is InChI=1S/C24H24N2O3/c1-16-12-13-21-19(14-16)23(18-10-6-7-11-20(18)25-21)24(28)29-15-22(27)26(2)17-8-4-3-5-9-17/h3-11,16H,12-15H2,1-2H3/t16-/m1/s1. The van der Waals surface area contributed by atoms with Gasteiger partial charge in [0.15, 0.2) is 6.61 Å². The van der Waals surface area contributed by atoms with Crippen LogP contribution in [-0.4, -0.2) is 30.5 Å². The summed E-state index contributed by atoms with van der Waals surface area (Å²) < 4.78 is 5.48. The smallest absolute Gasteiger partial charge is 0.339 e. The Kier molecular flexibility index (Phi) is 5.30. The number of nitrogens with zero attached hydrogens (tertiary/aromatic N) is 2. The van der Waals surface area contributed by atoms with Crippen molar-refractivity contribution in [3.63, 3.8) is 0 Å². The molecule has 2 aromatic carbocycles. The molecule has 0 radical (unpaired) electrons. The molecule has 0 spiro atoms. The molecule has 0 N–H and O–H groups in total. The van der Waals surface area contributed by atoms with E-state index in [1.165, 1.54) is 4.90 Å². The predicted octanol–water partition coefficient (Wildman–Crippen LogP) is 4.18. The van der Waals surface area contributed by atoms with E-state index >= 15 is 0 Å². The first-order valence-corrected chi connectivity index (χ1v) is 9.94. The van der Waals surface area contributed by atoms with Crippen molar-refractivity contribution in [2.45, 2.75) is 26.2 Å². The molecule has 1 heterocycles. The van der Waals surface area contributed by atoms with Crippen LogP contribution in [0, 0.1) is 5.92 Å². The highest BCUT2D eigenvalue weighted by Crippen LogP contribution is 2.32. The van der Waals surface area contributed by atoms with E-state index in [0.717, 1.165) is 47.1 Å². The summed E-state index contributed by atoms with van der Waals surface area (Å²) in [7, 11) is 1.68. The highest BCUT2D eigenvalue weighted by atomic mass is 16.5. The first-order valence-electron chi connectivity index (χ1n) is 9.94. The number of carbonyl (C=O) groups is 2. The van der Waals surface area contributed by atoms with E-state index in [0.29, 0.717) is 11.5 Å². The first kappa shape index (κ1) is 19.1. The van der Waals surface area contributed by atoms with E-state index in [1.54, 1.807) is 7.05 Å². The fourth-order valence-electron chi connectivity index (χ4n) is 3.89. The van der Waals surface area contributed by atoms with Crippen LogP contribution in [0.25, 0.3) is 10.9 Å².